The molecule has 0 unspecified atom stereocenters. The number of aliphatic hydroxyl groups is 3. The Morgan fingerprint density at radius 2 is 1.85 bits per heavy atom. The summed E-state index contributed by atoms with van der Waals surface area (Å²) in [7, 11) is -1.42. The lowest BCUT2D eigenvalue weighted by atomic mass is 9.85. The molecule has 3 N–H and O–H groups in total. The second kappa shape index (κ2) is 7.00. The quantitative estimate of drug-likeness (QED) is 0.531. The van der Waals surface area contributed by atoms with Gasteiger partial charge in [-0.25, -0.2) is 0 Å². The molecule has 0 aliphatic carbocycles. The van der Waals surface area contributed by atoms with Crippen LogP contribution >= 0.6 is 0 Å². The van der Waals surface area contributed by atoms with Crippen LogP contribution in [0.2, 0.25) is 19.6 Å². The summed E-state index contributed by atoms with van der Waals surface area (Å²) in [6.07, 6.45) is 0.101. The first-order chi connectivity index (χ1) is 9.17. The number of aliphatic hydroxyl groups excluding tert-OH is 3. The standard InChI is InChI=1S/C15H28O4Si/c1-6-7-12-10(2)13(17)14(18)15(19-12)11(16)8-9-20(3,4)5/h6,8-18H,1,7H2,2-5H3/b9-8+/t10-,11-,12-,13-,14-,15-/m0/s1. The average molecular weight is 300 g/mol. The molecule has 1 saturated heterocycles. The van der Waals surface area contributed by atoms with Crippen molar-refractivity contribution < 1.29 is 20.1 Å². The maximum absolute atomic E-state index is 10.2. The fourth-order valence-corrected chi connectivity index (χ4v) is 3.12. The maximum Gasteiger partial charge on any atom is 0.116 e. The van der Waals surface area contributed by atoms with Crippen molar-refractivity contribution in [3.05, 3.63) is 24.4 Å². The summed E-state index contributed by atoms with van der Waals surface area (Å²) < 4.78 is 5.78. The Hall–Kier alpha value is -0.463. The molecule has 0 spiro atoms. The molecule has 1 aliphatic heterocycles. The second-order valence-corrected chi connectivity index (χ2v) is 11.8. The van der Waals surface area contributed by atoms with E-state index in [-0.39, 0.29) is 12.0 Å². The summed E-state index contributed by atoms with van der Waals surface area (Å²) in [4.78, 5) is 0. The molecular weight excluding hydrogens is 272 g/mol. The van der Waals surface area contributed by atoms with Gasteiger partial charge in [0.1, 0.15) is 18.3 Å². The van der Waals surface area contributed by atoms with Crippen molar-refractivity contribution in [3.63, 3.8) is 0 Å². The lowest BCUT2D eigenvalue weighted by Gasteiger charge is -2.42. The van der Waals surface area contributed by atoms with E-state index < -0.39 is 32.5 Å². The minimum absolute atomic E-state index is 0.188. The Morgan fingerprint density at radius 3 is 2.35 bits per heavy atom. The molecule has 4 nitrogen and oxygen atoms in total. The molecular formula is C15H28O4Si. The van der Waals surface area contributed by atoms with Crippen molar-refractivity contribution in [2.45, 2.75) is 63.5 Å². The van der Waals surface area contributed by atoms with Crippen LogP contribution in [0, 0.1) is 5.92 Å². The minimum Gasteiger partial charge on any atom is -0.390 e. The van der Waals surface area contributed by atoms with E-state index in [0.717, 1.165) is 0 Å². The summed E-state index contributed by atoms with van der Waals surface area (Å²) in [5.41, 5.74) is 2.01. The van der Waals surface area contributed by atoms with Crippen LogP contribution in [0.15, 0.2) is 24.4 Å². The zero-order chi connectivity index (χ0) is 15.5. The lowest BCUT2D eigenvalue weighted by Crippen LogP contribution is -2.57. The van der Waals surface area contributed by atoms with Gasteiger partial charge in [0.25, 0.3) is 0 Å². The normalized spacial score (nSPS) is 37.0. The summed E-state index contributed by atoms with van der Waals surface area (Å²) >= 11 is 0. The third-order valence-corrected chi connectivity index (χ3v) is 4.87. The fourth-order valence-electron chi connectivity index (χ4n) is 2.35. The third-order valence-electron chi connectivity index (χ3n) is 3.67. The Morgan fingerprint density at radius 1 is 1.25 bits per heavy atom. The SMILES string of the molecule is C=CC[C@@H]1O[C@@H]([C@@H](O)/C=C/[Si](C)(C)C)[C@@H](O)[C@@H](O)[C@H]1C. The van der Waals surface area contributed by atoms with Gasteiger partial charge in [-0.2, -0.15) is 0 Å². The van der Waals surface area contributed by atoms with Crippen LogP contribution in [0.4, 0.5) is 0 Å². The van der Waals surface area contributed by atoms with Crippen molar-refractivity contribution in [3.8, 4) is 0 Å². The highest BCUT2D eigenvalue weighted by molar-refractivity contribution is 6.80. The molecule has 116 valence electrons. The highest BCUT2D eigenvalue weighted by Crippen LogP contribution is 2.30. The molecule has 6 atom stereocenters. The first kappa shape index (κ1) is 17.6. The molecule has 0 aromatic heterocycles. The minimum atomic E-state index is -1.42. The molecule has 0 amide bonds. The summed E-state index contributed by atoms with van der Waals surface area (Å²) in [5.74, 6) is -0.188. The predicted octanol–water partition coefficient (Wildman–Crippen LogP) is 1.48. The molecule has 1 fully saturated rings. The van der Waals surface area contributed by atoms with E-state index in [1.165, 1.54) is 0 Å². The topological polar surface area (TPSA) is 69.9 Å². The Bertz CT molecular complexity index is 350. The van der Waals surface area contributed by atoms with Crippen molar-refractivity contribution in [1.82, 2.24) is 0 Å². The zero-order valence-corrected chi connectivity index (χ0v) is 13.9. The van der Waals surface area contributed by atoms with Crippen LogP contribution in [0.3, 0.4) is 0 Å². The summed E-state index contributed by atoms with van der Waals surface area (Å²) in [6, 6.07) is 0. The van der Waals surface area contributed by atoms with Crippen LogP contribution in [0.1, 0.15) is 13.3 Å². The van der Waals surface area contributed by atoms with Crippen molar-refractivity contribution >= 4 is 8.07 Å². The highest BCUT2D eigenvalue weighted by atomic mass is 28.3. The highest BCUT2D eigenvalue weighted by Gasteiger charge is 2.43. The van der Waals surface area contributed by atoms with Gasteiger partial charge in [-0.15, -0.1) is 6.58 Å². The largest absolute Gasteiger partial charge is 0.390 e. The maximum atomic E-state index is 10.2. The predicted molar refractivity (Wildman–Crippen MR) is 83.1 cm³/mol. The molecule has 0 saturated carbocycles. The van der Waals surface area contributed by atoms with E-state index in [1.54, 1.807) is 12.2 Å². The van der Waals surface area contributed by atoms with Gasteiger partial charge in [-0.1, -0.05) is 44.4 Å². The monoisotopic (exact) mass is 300 g/mol. The number of hydrogen-bond donors (Lipinski definition) is 3. The lowest BCUT2D eigenvalue weighted by molar-refractivity contribution is -0.214. The van der Waals surface area contributed by atoms with Crippen molar-refractivity contribution in [2.24, 2.45) is 5.92 Å². The summed E-state index contributed by atoms with van der Waals surface area (Å²) in [6.45, 7) is 12.0. The van der Waals surface area contributed by atoms with Crippen LogP contribution in [-0.2, 0) is 4.74 Å². The van der Waals surface area contributed by atoms with E-state index in [4.69, 9.17) is 4.74 Å². The van der Waals surface area contributed by atoms with Gasteiger partial charge in [0.05, 0.1) is 20.3 Å². The Balaban J connectivity index is 2.81. The van der Waals surface area contributed by atoms with Crippen molar-refractivity contribution in [1.29, 1.82) is 0 Å². The molecule has 1 heterocycles. The van der Waals surface area contributed by atoms with E-state index in [9.17, 15) is 15.3 Å². The smallest absolute Gasteiger partial charge is 0.116 e. The van der Waals surface area contributed by atoms with Gasteiger partial charge in [0.2, 0.25) is 0 Å². The zero-order valence-electron chi connectivity index (χ0n) is 12.9. The van der Waals surface area contributed by atoms with Crippen LogP contribution in [0.5, 0.6) is 0 Å². The van der Waals surface area contributed by atoms with E-state index in [2.05, 4.69) is 26.2 Å². The third kappa shape index (κ3) is 4.53. The van der Waals surface area contributed by atoms with Gasteiger partial charge < -0.3 is 20.1 Å². The second-order valence-electron chi connectivity index (χ2n) is 6.72. The fraction of sp³-hybridized carbons (Fsp3) is 0.733. The number of hydrogen-bond acceptors (Lipinski definition) is 4. The van der Waals surface area contributed by atoms with Crippen LogP contribution in [0.25, 0.3) is 0 Å². The van der Waals surface area contributed by atoms with Gasteiger partial charge in [-0.05, 0) is 6.42 Å². The average Bonchev–Trinajstić information content (AvgIpc) is 2.36. The molecule has 20 heavy (non-hydrogen) atoms. The van der Waals surface area contributed by atoms with E-state index in [0.29, 0.717) is 6.42 Å². The first-order valence-electron chi connectivity index (χ1n) is 7.17. The van der Waals surface area contributed by atoms with Crippen molar-refractivity contribution in [2.75, 3.05) is 0 Å². The molecule has 0 aromatic rings. The molecule has 5 heteroatoms. The van der Waals surface area contributed by atoms with Gasteiger partial charge >= 0.3 is 0 Å². The van der Waals surface area contributed by atoms with E-state index >= 15 is 0 Å². The van der Waals surface area contributed by atoms with Crippen LogP contribution < -0.4 is 0 Å². The molecule has 0 bridgehead atoms. The van der Waals surface area contributed by atoms with Gasteiger partial charge in [-0.3, -0.25) is 0 Å². The van der Waals surface area contributed by atoms with Crippen LogP contribution in [-0.4, -0.2) is 53.9 Å². The molecule has 0 radical (unpaired) electrons. The molecule has 0 aromatic carbocycles. The van der Waals surface area contributed by atoms with Gasteiger partial charge in [0.15, 0.2) is 0 Å². The number of ether oxygens (including phenoxy) is 1. The molecule has 1 aliphatic rings. The number of rotatable bonds is 5. The van der Waals surface area contributed by atoms with Gasteiger partial charge in [0, 0.05) is 5.92 Å². The first-order valence-corrected chi connectivity index (χ1v) is 10.7. The Kier molecular flexibility index (Phi) is 6.16. The molecule has 1 rings (SSSR count). The Labute approximate surface area is 122 Å². The summed E-state index contributed by atoms with van der Waals surface area (Å²) in [5, 5.41) is 30.4. The van der Waals surface area contributed by atoms with E-state index in [1.807, 2.05) is 12.6 Å².